The number of halogens is 1. The van der Waals surface area contributed by atoms with Crippen LogP contribution in [0.15, 0.2) is 18.2 Å². The fourth-order valence-corrected chi connectivity index (χ4v) is 4.91. The highest BCUT2D eigenvalue weighted by Gasteiger charge is 2.28. The SMILES string of the molecule is CS(=O)(=O)N1CCC(Oc2ccc(C(=O)N3CCCC[C@@H]3CO)cc2Cl)CC1. The number of rotatable bonds is 5. The first-order valence-electron chi connectivity index (χ1n) is 9.62. The molecule has 1 atom stereocenters. The summed E-state index contributed by atoms with van der Waals surface area (Å²) < 4.78 is 30.6. The van der Waals surface area contributed by atoms with Crippen molar-refractivity contribution in [2.45, 2.75) is 44.2 Å². The molecule has 2 heterocycles. The van der Waals surface area contributed by atoms with Crippen molar-refractivity contribution in [2.75, 3.05) is 32.5 Å². The second-order valence-corrected chi connectivity index (χ2v) is 9.84. The van der Waals surface area contributed by atoms with Gasteiger partial charge in [-0.25, -0.2) is 12.7 Å². The summed E-state index contributed by atoms with van der Waals surface area (Å²) in [5.74, 6) is 0.363. The molecule has 0 radical (unpaired) electrons. The normalized spacial score (nSPS) is 22.2. The Morgan fingerprint density at radius 3 is 2.54 bits per heavy atom. The van der Waals surface area contributed by atoms with Crippen molar-refractivity contribution in [3.63, 3.8) is 0 Å². The molecule has 2 saturated heterocycles. The fourth-order valence-electron chi connectivity index (χ4n) is 3.81. The van der Waals surface area contributed by atoms with Crippen LogP contribution in [0.4, 0.5) is 0 Å². The number of hydrogen-bond acceptors (Lipinski definition) is 5. The predicted molar refractivity (Wildman–Crippen MR) is 107 cm³/mol. The van der Waals surface area contributed by atoms with E-state index in [-0.39, 0.29) is 24.7 Å². The average Bonchev–Trinajstić information content (AvgIpc) is 2.68. The van der Waals surface area contributed by atoms with E-state index in [1.54, 1.807) is 23.1 Å². The number of piperidine rings is 2. The van der Waals surface area contributed by atoms with Gasteiger partial charge in [0.25, 0.3) is 5.91 Å². The van der Waals surface area contributed by atoms with Gasteiger partial charge in [0.15, 0.2) is 0 Å². The quantitative estimate of drug-likeness (QED) is 0.773. The molecule has 28 heavy (non-hydrogen) atoms. The van der Waals surface area contributed by atoms with Crippen LogP contribution in [0.3, 0.4) is 0 Å². The van der Waals surface area contributed by atoms with E-state index in [0.717, 1.165) is 19.3 Å². The van der Waals surface area contributed by atoms with Crippen molar-refractivity contribution in [3.05, 3.63) is 28.8 Å². The largest absolute Gasteiger partial charge is 0.489 e. The highest BCUT2D eigenvalue weighted by Crippen LogP contribution is 2.30. The molecule has 0 bridgehead atoms. The molecule has 1 aromatic carbocycles. The third kappa shape index (κ3) is 4.97. The molecule has 2 aliphatic rings. The number of carbonyl (C=O) groups is 1. The van der Waals surface area contributed by atoms with E-state index in [4.69, 9.17) is 16.3 Å². The summed E-state index contributed by atoms with van der Waals surface area (Å²) in [4.78, 5) is 14.5. The van der Waals surface area contributed by atoms with Crippen molar-refractivity contribution in [1.82, 2.24) is 9.21 Å². The second-order valence-electron chi connectivity index (χ2n) is 7.46. The third-order valence-corrected chi connectivity index (χ3v) is 7.04. The molecule has 1 aromatic rings. The zero-order valence-corrected chi connectivity index (χ0v) is 17.6. The second kappa shape index (κ2) is 8.98. The fraction of sp³-hybridized carbons (Fsp3) is 0.632. The maximum Gasteiger partial charge on any atom is 0.254 e. The summed E-state index contributed by atoms with van der Waals surface area (Å²) in [7, 11) is -3.17. The molecule has 0 aromatic heterocycles. The molecule has 0 unspecified atom stereocenters. The molecule has 2 fully saturated rings. The van der Waals surface area contributed by atoms with Crippen LogP contribution in [0.1, 0.15) is 42.5 Å². The maximum absolute atomic E-state index is 12.8. The van der Waals surface area contributed by atoms with Crippen LogP contribution in [0.2, 0.25) is 5.02 Å². The van der Waals surface area contributed by atoms with Crippen LogP contribution in [0.25, 0.3) is 0 Å². The molecule has 156 valence electrons. The molecule has 3 rings (SSSR count). The molecule has 1 N–H and O–H groups in total. The lowest BCUT2D eigenvalue weighted by molar-refractivity contribution is 0.0503. The van der Waals surface area contributed by atoms with E-state index in [1.807, 2.05) is 0 Å². The van der Waals surface area contributed by atoms with Crippen molar-refractivity contribution < 1.29 is 23.1 Å². The number of carbonyl (C=O) groups excluding carboxylic acids is 1. The molecular weight excluding hydrogens is 404 g/mol. The minimum absolute atomic E-state index is 0.0349. The van der Waals surface area contributed by atoms with Gasteiger partial charge in [0.2, 0.25) is 10.0 Å². The Morgan fingerprint density at radius 1 is 1.21 bits per heavy atom. The van der Waals surface area contributed by atoms with Crippen LogP contribution in [0.5, 0.6) is 5.75 Å². The van der Waals surface area contributed by atoms with E-state index >= 15 is 0 Å². The first-order valence-corrected chi connectivity index (χ1v) is 11.9. The number of amides is 1. The maximum atomic E-state index is 12.8. The monoisotopic (exact) mass is 430 g/mol. The van der Waals surface area contributed by atoms with E-state index in [0.29, 0.717) is 48.8 Å². The standard InChI is InChI=1S/C19H27ClN2O5S/c1-28(25,26)21-10-7-16(8-11-21)27-18-6-5-14(12-17(18)20)19(24)22-9-3-2-4-15(22)13-23/h5-6,12,15-16,23H,2-4,7-11,13H2,1H3/t15-/m1/s1. The van der Waals surface area contributed by atoms with Gasteiger partial charge >= 0.3 is 0 Å². The van der Waals surface area contributed by atoms with E-state index in [1.165, 1.54) is 10.6 Å². The van der Waals surface area contributed by atoms with Crippen LogP contribution in [0, 0.1) is 0 Å². The van der Waals surface area contributed by atoms with Gasteiger partial charge < -0.3 is 14.7 Å². The smallest absolute Gasteiger partial charge is 0.254 e. The first-order chi connectivity index (χ1) is 13.3. The summed E-state index contributed by atoms with van der Waals surface area (Å²) >= 11 is 6.35. The summed E-state index contributed by atoms with van der Waals surface area (Å²) in [6.45, 7) is 1.45. The van der Waals surface area contributed by atoms with Gasteiger partial charge in [-0.05, 0) is 50.3 Å². The Morgan fingerprint density at radius 2 is 1.93 bits per heavy atom. The molecule has 9 heteroatoms. The number of sulfonamides is 1. The van der Waals surface area contributed by atoms with Crippen LogP contribution >= 0.6 is 11.6 Å². The van der Waals surface area contributed by atoms with E-state index < -0.39 is 10.0 Å². The van der Waals surface area contributed by atoms with Gasteiger partial charge in [-0.3, -0.25) is 4.79 Å². The minimum atomic E-state index is -3.17. The lowest BCUT2D eigenvalue weighted by atomic mass is 10.0. The van der Waals surface area contributed by atoms with Gasteiger partial charge in [0.1, 0.15) is 11.9 Å². The highest BCUT2D eigenvalue weighted by molar-refractivity contribution is 7.88. The number of nitrogens with zero attached hydrogens (tertiary/aromatic N) is 2. The third-order valence-electron chi connectivity index (χ3n) is 5.44. The van der Waals surface area contributed by atoms with Crippen molar-refractivity contribution in [1.29, 1.82) is 0 Å². The van der Waals surface area contributed by atoms with Gasteiger partial charge in [-0.15, -0.1) is 0 Å². The topological polar surface area (TPSA) is 87.2 Å². The molecular formula is C19H27ClN2O5S. The van der Waals surface area contributed by atoms with Crippen molar-refractivity contribution in [2.24, 2.45) is 0 Å². The molecule has 7 nitrogen and oxygen atoms in total. The summed E-state index contributed by atoms with van der Waals surface area (Å²) in [6, 6.07) is 4.85. The van der Waals surface area contributed by atoms with Crippen LogP contribution in [-0.4, -0.2) is 73.3 Å². The summed E-state index contributed by atoms with van der Waals surface area (Å²) in [5.41, 5.74) is 0.476. The lowest BCUT2D eigenvalue weighted by Gasteiger charge is -2.34. The number of aliphatic hydroxyl groups excluding tert-OH is 1. The number of ether oxygens (including phenoxy) is 1. The zero-order valence-electron chi connectivity index (χ0n) is 16.0. The average molecular weight is 431 g/mol. The number of aliphatic hydroxyl groups is 1. The lowest BCUT2D eigenvalue weighted by Crippen LogP contribution is -2.45. The highest BCUT2D eigenvalue weighted by atomic mass is 35.5. The number of benzene rings is 1. The molecule has 1 amide bonds. The molecule has 0 spiro atoms. The number of likely N-dealkylation sites (tertiary alicyclic amines) is 1. The Kier molecular flexibility index (Phi) is 6.85. The van der Waals surface area contributed by atoms with E-state index in [2.05, 4.69) is 0 Å². The van der Waals surface area contributed by atoms with Gasteiger partial charge in [0, 0.05) is 25.2 Å². The van der Waals surface area contributed by atoms with Gasteiger partial charge in [0.05, 0.1) is 23.9 Å². The van der Waals surface area contributed by atoms with Crippen molar-refractivity contribution >= 4 is 27.5 Å². The minimum Gasteiger partial charge on any atom is -0.489 e. The molecule has 0 saturated carbocycles. The van der Waals surface area contributed by atoms with Gasteiger partial charge in [-0.2, -0.15) is 0 Å². The van der Waals surface area contributed by atoms with Crippen LogP contribution < -0.4 is 4.74 Å². The Balaban J connectivity index is 1.64. The Hall–Kier alpha value is -1.35. The Bertz CT molecular complexity index is 809. The summed E-state index contributed by atoms with van der Waals surface area (Å²) in [6.07, 6.45) is 5.04. The van der Waals surface area contributed by atoms with Crippen molar-refractivity contribution in [3.8, 4) is 5.75 Å². The first kappa shape index (κ1) is 21.4. The molecule has 0 aliphatic carbocycles. The zero-order chi connectivity index (χ0) is 20.3. The number of hydrogen-bond donors (Lipinski definition) is 1. The van der Waals surface area contributed by atoms with E-state index in [9.17, 15) is 18.3 Å². The molecule has 2 aliphatic heterocycles. The summed E-state index contributed by atoms with van der Waals surface area (Å²) in [5, 5.41) is 9.88. The van der Waals surface area contributed by atoms with Gasteiger partial charge in [-0.1, -0.05) is 11.6 Å². The Labute approximate surface area is 171 Å². The predicted octanol–water partition coefficient (Wildman–Crippen LogP) is 2.13. The van der Waals surface area contributed by atoms with Crippen LogP contribution in [-0.2, 0) is 10.0 Å².